The lowest BCUT2D eigenvalue weighted by atomic mass is 9.98. The average Bonchev–Trinajstić information content (AvgIpc) is 3.49. The number of nitrogens with one attached hydrogen (secondary N) is 2. The maximum atomic E-state index is 15.1. The molecule has 2 unspecified atom stereocenters. The van der Waals surface area contributed by atoms with Crippen LogP contribution in [0.25, 0.3) is 0 Å². The van der Waals surface area contributed by atoms with E-state index in [1.807, 2.05) is 10.6 Å². The maximum absolute atomic E-state index is 15.1. The summed E-state index contributed by atoms with van der Waals surface area (Å²) < 4.78 is 107. The second-order valence-electron chi connectivity index (χ2n) is 11.7. The van der Waals surface area contributed by atoms with Crippen LogP contribution in [0.1, 0.15) is 31.4 Å². The van der Waals surface area contributed by atoms with Gasteiger partial charge in [-0.15, -0.1) is 0 Å². The molecule has 2 aromatic rings. The van der Waals surface area contributed by atoms with Gasteiger partial charge in [-0.1, -0.05) is 49.7 Å². The first-order valence-corrected chi connectivity index (χ1v) is 16.8. The predicted octanol–water partition coefficient (Wildman–Crippen LogP) is 3.43. The molecule has 0 spiro atoms. The van der Waals surface area contributed by atoms with E-state index in [9.17, 15) is 40.8 Å². The Morgan fingerprint density at radius 3 is 2.16 bits per heavy atom. The number of sulfone groups is 1. The molecular weight excluding hydrogens is 705 g/mol. The van der Waals surface area contributed by atoms with E-state index in [-0.39, 0.29) is 5.02 Å². The van der Waals surface area contributed by atoms with Gasteiger partial charge < -0.3 is 25.0 Å². The Morgan fingerprint density at radius 1 is 1.00 bits per heavy atom. The van der Waals surface area contributed by atoms with Gasteiger partial charge in [0.15, 0.2) is 9.84 Å². The number of carbonyl (C=O) groups excluding carboxylic acids is 4. The Balaban J connectivity index is 1.97. The lowest BCUT2D eigenvalue weighted by molar-refractivity contribution is -0.175. The molecular formula is C31H35ClF5N3O8S. The van der Waals surface area contributed by atoms with Gasteiger partial charge in [-0.2, -0.15) is 22.0 Å². The van der Waals surface area contributed by atoms with Gasteiger partial charge in [-0.25, -0.2) is 8.42 Å². The van der Waals surface area contributed by atoms with E-state index in [1.165, 1.54) is 57.4 Å². The fourth-order valence-electron chi connectivity index (χ4n) is 5.19. The number of ether oxygens (including phenoxy) is 2. The van der Waals surface area contributed by atoms with Crippen molar-refractivity contribution in [2.75, 3.05) is 27.4 Å². The van der Waals surface area contributed by atoms with Crippen LogP contribution in [0.5, 0.6) is 5.75 Å². The van der Waals surface area contributed by atoms with Gasteiger partial charge in [0.1, 0.15) is 17.8 Å². The Hall–Kier alpha value is -3.83. The monoisotopic (exact) mass is 739 g/mol. The van der Waals surface area contributed by atoms with Crippen molar-refractivity contribution >= 4 is 44.9 Å². The summed E-state index contributed by atoms with van der Waals surface area (Å²) in [5.41, 5.74) is -0.492. The molecule has 0 bridgehead atoms. The molecule has 0 saturated carbocycles. The zero-order valence-corrected chi connectivity index (χ0v) is 28.3. The topological polar surface area (TPSA) is 148 Å². The summed E-state index contributed by atoms with van der Waals surface area (Å²) in [5.74, 6) is -12.2. The predicted molar refractivity (Wildman–Crippen MR) is 167 cm³/mol. The van der Waals surface area contributed by atoms with Crippen molar-refractivity contribution < 1.29 is 59.0 Å². The molecule has 0 aliphatic carbocycles. The summed E-state index contributed by atoms with van der Waals surface area (Å²) in [6.07, 6.45) is -5.95. The number of benzene rings is 2. The second kappa shape index (κ2) is 15.8. The molecule has 1 aliphatic heterocycles. The number of alkyl halides is 5. The van der Waals surface area contributed by atoms with E-state index in [0.717, 1.165) is 19.2 Å². The number of hydrogen-bond donors (Lipinski definition) is 2. The van der Waals surface area contributed by atoms with Crippen molar-refractivity contribution in [3.05, 3.63) is 64.7 Å². The quantitative estimate of drug-likeness (QED) is 0.280. The number of nitrogens with zero attached hydrogens (tertiary/aromatic N) is 1. The number of carbonyl (C=O) groups is 4. The number of methoxy groups -OCH3 is 2. The fourth-order valence-corrected chi connectivity index (χ4v) is 7.13. The number of Topliss-reactive ketones (excluding diaryl/α,β-unsaturated/α-hetero) is 1. The molecule has 1 fully saturated rings. The van der Waals surface area contributed by atoms with Crippen molar-refractivity contribution in [2.24, 2.45) is 5.92 Å². The largest absolute Gasteiger partial charge is 0.497 e. The van der Waals surface area contributed by atoms with E-state index in [4.69, 9.17) is 21.1 Å². The van der Waals surface area contributed by atoms with Crippen LogP contribution in [0, 0.1) is 5.92 Å². The number of halogens is 6. The van der Waals surface area contributed by atoms with Gasteiger partial charge in [-0.3, -0.25) is 19.2 Å². The van der Waals surface area contributed by atoms with E-state index in [2.05, 4.69) is 0 Å². The SMILES string of the molecule is COCC(NC(=O)C(F)(F)c1cccc(Cl)c1)C(=O)N1C[C@H](S(=O)(=O)Cc2ccc(OC)cc2)C[C@H]1C(=O)NC(C(=O)C(F)(F)F)C(C)C. The smallest absolute Gasteiger partial charge is 0.452 e. The van der Waals surface area contributed by atoms with Crippen LogP contribution in [-0.2, 0) is 45.4 Å². The molecule has 18 heteroatoms. The number of likely N-dealkylation sites (tertiary alicyclic amines) is 1. The Morgan fingerprint density at radius 2 is 1.63 bits per heavy atom. The number of rotatable bonds is 14. The molecule has 2 aromatic carbocycles. The Labute approximate surface area is 284 Å². The van der Waals surface area contributed by atoms with Crippen LogP contribution in [-0.4, -0.2) is 93.7 Å². The standard InChI is InChI=1S/C31H35ClF5N3O8S/c1-17(2)25(26(41)31(35,36)37)39-27(42)24-13-22(49(45,46)16-18-8-10-21(48-4)11-9-18)14-40(24)28(43)23(15-47-3)38-29(44)30(33,34)19-6-5-7-20(32)12-19/h5-12,17,22-25H,13-16H2,1-4H3,(H,38,44)(H,39,42)/t22-,23?,24+,25?/m1/s1. The molecule has 0 aromatic heterocycles. The van der Waals surface area contributed by atoms with E-state index >= 15 is 8.78 Å². The summed E-state index contributed by atoms with van der Waals surface area (Å²) in [7, 11) is -1.70. The minimum absolute atomic E-state index is 0.106. The zero-order valence-electron chi connectivity index (χ0n) is 26.7. The maximum Gasteiger partial charge on any atom is 0.452 e. The Bertz CT molecular complexity index is 1640. The number of amides is 3. The molecule has 270 valence electrons. The first-order valence-electron chi connectivity index (χ1n) is 14.7. The highest BCUT2D eigenvalue weighted by Gasteiger charge is 2.50. The van der Waals surface area contributed by atoms with Gasteiger partial charge in [0.05, 0.1) is 30.8 Å². The average molecular weight is 740 g/mol. The van der Waals surface area contributed by atoms with Crippen LogP contribution in [0.15, 0.2) is 48.5 Å². The van der Waals surface area contributed by atoms with Gasteiger partial charge in [0, 0.05) is 24.2 Å². The van der Waals surface area contributed by atoms with E-state index in [1.54, 1.807) is 0 Å². The molecule has 2 N–H and O–H groups in total. The van der Waals surface area contributed by atoms with Gasteiger partial charge in [0.25, 0.3) is 11.7 Å². The Kier molecular flexibility index (Phi) is 12.8. The molecule has 11 nitrogen and oxygen atoms in total. The summed E-state index contributed by atoms with van der Waals surface area (Å²) in [6.45, 7) is 1.05. The van der Waals surface area contributed by atoms with Crippen molar-refractivity contribution in [3.8, 4) is 5.75 Å². The van der Waals surface area contributed by atoms with Crippen molar-refractivity contribution in [1.82, 2.24) is 15.5 Å². The highest BCUT2D eigenvalue weighted by atomic mass is 35.5. The highest BCUT2D eigenvalue weighted by molar-refractivity contribution is 7.91. The first-order chi connectivity index (χ1) is 22.7. The van der Waals surface area contributed by atoms with Gasteiger partial charge >= 0.3 is 12.1 Å². The second-order valence-corrected chi connectivity index (χ2v) is 14.4. The molecule has 1 heterocycles. The molecule has 3 amide bonds. The molecule has 1 saturated heterocycles. The third-order valence-electron chi connectivity index (χ3n) is 7.82. The molecule has 0 radical (unpaired) electrons. The molecule has 3 rings (SSSR count). The van der Waals surface area contributed by atoms with Crippen molar-refractivity contribution in [2.45, 2.75) is 61.5 Å². The normalized spacial score (nSPS) is 18.1. The van der Waals surface area contributed by atoms with Crippen LogP contribution < -0.4 is 15.4 Å². The fraction of sp³-hybridized carbons (Fsp3) is 0.484. The van der Waals surface area contributed by atoms with Gasteiger partial charge in [-0.05, 0) is 42.2 Å². The number of ketones is 1. The summed E-state index contributed by atoms with van der Waals surface area (Å²) in [4.78, 5) is 52.9. The number of hydrogen-bond acceptors (Lipinski definition) is 8. The van der Waals surface area contributed by atoms with E-state index in [0.29, 0.717) is 16.2 Å². The van der Waals surface area contributed by atoms with Crippen LogP contribution in [0.2, 0.25) is 5.02 Å². The third kappa shape index (κ3) is 9.66. The highest BCUT2D eigenvalue weighted by Crippen LogP contribution is 2.32. The van der Waals surface area contributed by atoms with Gasteiger partial charge in [0.2, 0.25) is 11.8 Å². The van der Waals surface area contributed by atoms with Crippen molar-refractivity contribution in [3.63, 3.8) is 0 Å². The lowest BCUT2D eigenvalue weighted by Crippen LogP contribution is -2.58. The first kappa shape index (κ1) is 39.6. The minimum Gasteiger partial charge on any atom is -0.497 e. The molecule has 4 atom stereocenters. The van der Waals surface area contributed by atoms with Crippen LogP contribution in [0.4, 0.5) is 22.0 Å². The van der Waals surface area contributed by atoms with Crippen LogP contribution >= 0.6 is 11.6 Å². The molecule has 49 heavy (non-hydrogen) atoms. The lowest BCUT2D eigenvalue weighted by Gasteiger charge is -2.30. The minimum atomic E-state index is -5.33. The summed E-state index contributed by atoms with van der Waals surface area (Å²) in [6, 6.07) is 4.39. The molecule has 1 aliphatic rings. The zero-order chi connectivity index (χ0) is 36.9. The van der Waals surface area contributed by atoms with Crippen molar-refractivity contribution in [1.29, 1.82) is 0 Å². The van der Waals surface area contributed by atoms with Crippen LogP contribution in [0.3, 0.4) is 0 Å². The summed E-state index contributed by atoms with van der Waals surface area (Å²) in [5, 5.41) is 2.29. The van der Waals surface area contributed by atoms with E-state index < -0.39 is 106 Å². The third-order valence-corrected chi connectivity index (χ3v) is 10.1. The summed E-state index contributed by atoms with van der Waals surface area (Å²) >= 11 is 5.79.